The van der Waals surface area contributed by atoms with Crippen molar-refractivity contribution < 1.29 is 12.8 Å². The first-order valence-corrected chi connectivity index (χ1v) is 13.2. The highest BCUT2D eigenvalue weighted by molar-refractivity contribution is 7.91. The average Bonchev–Trinajstić information content (AvgIpc) is 3.34. The summed E-state index contributed by atoms with van der Waals surface area (Å²) in [6.07, 6.45) is 0. The highest BCUT2D eigenvalue weighted by Gasteiger charge is 2.29. The number of piperazine rings is 1. The minimum Gasteiger partial charge on any atom is -0.368 e. The molecule has 0 atom stereocenters. The number of halogens is 2. The van der Waals surface area contributed by atoms with Crippen molar-refractivity contribution >= 4 is 49.5 Å². The monoisotopic (exact) mass is 522 g/mol. The maximum atomic E-state index is 13.4. The van der Waals surface area contributed by atoms with E-state index in [0.29, 0.717) is 42.5 Å². The maximum Gasteiger partial charge on any atom is 0.229 e. The van der Waals surface area contributed by atoms with E-state index in [2.05, 4.69) is 20.1 Å². The topological polar surface area (TPSA) is 83.7 Å². The lowest BCUT2D eigenvalue weighted by Crippen LogP contribution is -2.47. The summed E-state index contributed by atoms with van der Waals surface area (Å²) in [5.74, 6) is 0.347. The molecule has 0 N–H and O–H groups in total. The van der Waals surface area contributed by atoms with Gasteiger partial charge in [0.2, 0.25) is 14.9 Å². The SMILES string of the molecule is O=S(=O)(c1ccccc1)c1nnn2c1nc(N1CCN(c3ccc(F)cc3)CC1)c1cc(Cl)ccc12. The molecule has 1 aliphatic rings. The van der Waals surface area contributed by atoms with Gasteiger partial charge >= 0.3 is 0 Å². The molecule has 11 heteroatoms. The fraction of sp³-hybridized carbons (Fsp3) is 0.160. The van der Waals surface area contributed by atoms with Crippen LogP contribution in [0, 0.1) is 5.82 Å². The van der Waals surface area contributed by atoms with Crippen molar-refractivity contribution in [3.05, 3.63) is 83.6 Å². The van der Waals surface area contributed by atoms with Gasteiger partial charge in [-0.2, -0.15) is 4.52 Å². The summed E-state index contributed by atoms with van der Waals surface area (Å²) in [4.78, 5) is 9.19. The van der Waals surface area contributed by atoms with Crippen LogP contribution in [0.25, 0.3) is 16.6 Å². The second kappa shape index (κ2) is 8.72. The Morgan fingerprint density at radius 3 is 2.28 bits per heavy atom. The van der Waals surface area contributed by atoms with Crippen molar-refractivity contribution in [3.63, 3.8) is 0 Å². The molecule has 0 unspecified atom stereocenters. The van der Waals surface area contributed by atoms with Crippen molar-refractivity contribution in [2.24, 2.45) is 0 Å². The summed E-state index contributed by atoms with van der Waals surface area (Å²) in [5.41, 5.74) is 1.76. The smallest absolute Gasteiger partial charge is 0.229 e. The third kappa shape index (κ3) is 3.82. The summed E-state index contributed by atoms with van der Waals surface area (Å²) < 4.78 is 41.6. The van der Waals surface area contributed by atoms with Crippen molar-refractivity contribution in [3.8, 4) is 0 Å². The van der Waals surface area contributed by atoms with Gasteiger partial charge in [0, 0.05) is 42.3 Å². The number of fused-ring (bicyclic) bond motifs is 3. The van der Waals surface area contributed by atoms with Crippen LogP contribution < -0.4 is 9.80 Å². The Kier molecular flexibility index (Phi) is 5.50. The van der Waals surface area contributed by atoms with Crippen molar-refractivity contribution in [1.29, 1.82) is 0 Å². The van der Waals surface area contributed by atoms with Gasteiger partial charge in [-0.05, 0) is 54.6 Å². The van der Waals surface area contributed by atoms with E-state index in [9.17, 15) is 12.8 Å². The van der Waals surface area contributed by atoms with Crippen LogP contribution in [0.1, 0.15) is 0 Å². The molecule has 1 fully saturated rings. The summed E-state index contributed by atoms with van der Waals surface area (Å²) in [5, 5.41) is 9.26. The van der Waals surface area contributed by atoms with Gasteiger partial charge in [0.15, 0.2) is 5.65 Å². The summed E-state index contributed by atoms with van der Waals surface area (Å²) in [7, 11) is -3.94. The molecule has 0 radical (unpaired) electrons. The Balaban J connectivity index is 1.44. The molecule has 3 heterocycles. The van der Waals surface area contributed by atoms with Gasteiger partial charge in [-0.25, -0.2) is 17.8 Å². The molecule has 0 spiro atoms. The third-order valence-corrected chi connectivity index (χ3v) is 8.24. The number of aromatic nitrogens is 4. The van der Waals surface area contributed by atoms with E-state index in [0.717, 1.165) is 11.1 Å². The van der Waals surface area contributed by atoms with E-state index in [1.165, 1.54) is 28.8 Å². The number of rotatable bonds is 4. The zero-order chi connectivity index (χ0) is 24.9. The molecular formula is C25H20ClFN6O2S. The van der Waals surface area contributed by atoms with Gasteiger partial charge in [-0.1, -0.05) is 35.0 Å². The number of anilines is 2. The van der Waals surface area contributed by atoms with E-state index in [4.69, 9.17) is 16.6 Å². The molecule has 2 aromatic heterocycles. The van der Waals surface area contributed by atoms with Gasteiger partial charge < -0.3 is 9.80 Å². The van der Waals surface area contributed by atoms with E-state index in [1.54, 1.807) is 48.5 Å². The molecule has 3 aromatic carbocycles. The maximum absolute atomic E-state index is 13.4. The van der Waals surface area contributed by atoms with E-state index < -0.39 is 9.84 Å². The van der Waals surface area contributed by atoms with Crippen LogP contribution in [0.15, 0.2) is 82.7 Å². The molecule has 6 rings (SSSR count). The lowest BCUT2D eigenvalue weighted by Gasteiger charge is -2.37. The van der Waals surface area contributed by atoms with Gasteiger partial charge in [0.05, 0.1) is 10.4 Å². The quantitative estimate of drug-likeness (QED) is 0.349. The normalized spacial score (nSPS) is 14.6. The standard InChI is InChI=1S/C25H20ClFN6O2S/c26-17-6-11-22-21(16-17)23(32-14-12-31(13-15-32)19-9-7-18(27)8-10-19)28-24-25(29-30-33(22)24)36(34,35)20-4-2-1-3-5-20/h1-11,16H,12-15H2. The van der Waals surface area contributed by atoms with Gasteiger partial charge in [0.25, 0.3) is 0 Å². The number of hydrogen-bond donors (Lipinski definition) is 0. The molecular weight excluding hydrogens is 503 g/mol. The molecule has 0 saturated carbocycles. The minimum atomic E-state index is -3.94. The fourth-order valence-electron chi connectivity index (χ4n) is 4.51. The fourth-order valence-corrected chi connectivity index (χ4v) is 5.93. The van der Waals surface area contributed by atoms with Crippen LogP contribution in [0.2, 0.25) is 5.02 Å². The van der Waals surface area contributed by atoms with Crippen LogP contribution in [0.5, 0.6) is 0 Å². The predicted molar refractivity (Wildman–Crippen MR) is 136 cm³/mol. The molecule has 0 aliphatic carbocycles. The van der Waals surface area contributed by atoms with Crippen molar-refractivity contribution in [2.45, 2.75) is 9.92 Å². The van der Waals surface area contributed by atoms with Crippen LogP contribution in [-0.2, 0) is 9.84 Å². The highest BCUT2D eigenvalue weighted by Crippen LogP contribution is 2.32. The van der Waals surface area contributed by atoms with Crippen LogP contribution in [-0.4, -0.2) is 54.4 Å². The number of nitrogens with zero attached hydrogens (tertiary/aromatic N) is 6. The number of sulfone groups is 1. The van der Waals surface area contributed by atoms with Crippen molar-refractivity contribution in [1.82, 2.24) is 19.8 Å². The molecule has 8 nitrogen and oxygen atoms in total. The number of benzene rings is 3. The second-order valence-electron chi connectivity index (χ2n) is 8.49. The second-order valence-corrected chi connectivity index (χ2v) is 10.8. The molecule has 182 valence electrons. The molecule has 1 aliphatic heterocycles. The Hall–Kier alpha value is -3.76. The van der Waals surface area contributed by atoms with Crippen LogP contribution in [0.3, 0.4) is 0 Å². The Morgan fingerprint density at radius 1 is 0.861 bits per heavy atom. The average molecular weight is 523 g/mol. The van der Waals surface area contributed by atoms with Gasteiger partial charge in [0.1, 0.15) is 11.6 Å². The minimum absolute atomic E-state index is 0.125. The Morgan fingerprint density at radius 2 is 1.56 bits per heavy atom. The van der Waals surface area contributed by atoms with E-state index in [-0.39, 0.29) is 21.4 Å². The molecule has 0 amide bonds. The van der Waals surface area contributed by atoms with Crippen LogP contribution >= 0.6 is 11.6 Å². The summed E-state index contributed by atoms with van der Waals surface area (Å²) >= 11 is 6.33. The summed E-state index contributed by atoms with van der Waals surface area (Å²) in [6.45, 7) is 2.63. The van der Waals surface area contributed by atoms with Gasteiger partial charge in [-0.15, -0.1) is 5.10 Å². The highest BCUT2D eigenvalue weighted by atomic mass is 35.5. The predicted octanol–water partition coefficient (Wildman–Crippen LogP) is 4.23. The van der Waals surface area contributed by atoms with Crippen LogP contribution in [0.4, 0.5) is 15.9 Å². The zero-order valence-corrected chi connectivity index (χ0v) is 20.5. The lowest BCUT2D eigenvalue weighted by atomic mass is 10.2. The number of hydrogen-bond acceptors (Lipinski definition) is 7. The zero-order valence-electron chi connectivity index (χ0n) is 18.9. The largest absolute Gasteiger partial charge is 0.368 e. The third-order valence-electron chi connectivity index (χ3n) is 6.34. The first-order chi connectivity index (χ1) is 17.4. The van der Waals surface area contributed by atoms with Gasteiger partial charge in [-0.3, -0.25) is 0 Å². The Bertz CT molecular complexity index is 1690. The first-order valence-electron chi connectivity index (χ1n) is 11.3. The van der Waals surface area contributed by atoms with E-state index in [1.807, 2.05) is 0 Å². The molecule has 5 aromatic rings. The summed E-state index contributed by atoms with van der Waals surface area (Å²) in [6, 6.07) is 19.9. The first kappa shape index (κ1) is 22.7. The van der Waals surface area contributed by atoms with Crippen molar-refractivity contribution in [2.75, 3.05) is 36.0 Å². The molecule has 0 bridgehead atoms. The molecule has 36 heavy (non-hydrogen) atoms. The Labute approximate surface area is 211 Å². The van der Waals surface area contributed by atoms with E-state index >= 15 is 0 Å². The molecule has 1 saturated heterocycles. The lowest BCUT2D eigenvalue weighted by molar-refractivity contribution is 0.592.